The number of halogens is 2. The van der Waals surface area contributed by atoms with E-state index in [1.165, 1.54) is 31.4 Å². The monoisotopic (exact) mass is 661 g/mol. The van der Waals surface area contributed by atoms with Gasteiger partial charge in [0.15, 0.2) is 18.1 Å². The van der Waals surface area contributed by atoms with Crippen LogP contribution in [0.5, 0.6) is 11.5 Å². The first-order valence-electron chi connectivity index (χ1n) is 11.4. The average Bonchev–Trinajstić information content (AvgIpc) is 3.16. The molecule has 1 aliphatic heterocycles. The van der Waals surface area contributed by atoms with E-state index in [9.17, 15) is 23.6 Å². The summed E-state index contributed by atoms with van der Waals surface area (Å²) in [6.45, 7) is -0.816. The highest BCUT2D eigenvalue weighted by molar-refractivity contribution is 14.1. The second kappa shape index (κ2) is 12.8. The van der Waals surface area contributed by atoms with E-state index in [1.807, 2.05) is 28.7 Å². The second-order valence-corrected chi connectivity index (χ2v) is 10.2. The Balaban J connectivity index is 1.43. The van der Waals surface area contributed by atoms with Crippen molar-refractivity contribution >= 4 is 74.8 Å². The van der Waals surface area contributed by atoms with E-state index >= 15 is 0 Å². The fourth-order valence-electron chi connectivity index (χ4n) is 3.50. The van der Waals surface area contributed by atoms with Crippen LogP contribution in [-0.4, -0.2) is 48.1 Å². The Bertz CT molecular complexity index is 1470. The molecule has 1 fully saturated rings. The van der Waals surface area contributed by atoms with Crippen molar-refractivity contribution in [1.82, 2.24) is 4.90 Å². The zero-order valence-electron chi connectivity index (χ0n) is 20.4. The number of carbonyl (C=O) groups excluding carboxylic acids is 4. The molecule has 0 aromatic heterocycles. The number of nitrogens with zero attached hydrogens (tertiary/aromatic N) is 1. The van der Waals surface area contributed by atoms with Crippen molar-refractivity contribution in [3.8, 4) is 11.5 Å². The molecule has 0 spiro atoms. The van der Waals surface area contributed by atoms with Crippen molar-refractivity contribution in [2.75, 3.05) is 30.9 Å². The maximum absolute atomic E-state index is 13.8. The summed E-state index contributed by atoms with van der Waals surface area (Å²) in [6.07, 6.45) is 1.50. The quantitative estimate of drug-likeness (QED) is 0.242. The Hall–Kier alpha value is -3.91. The first kappa shape index (κ1) is 28.1. The Morgan fingerprint density at radius 1 is 1.03 bits per heavy atom. The molecule has 4 amide bonds. The van der Waals surface area contributed by atoms with E-state index in [4.69, 9.17) is 9.47 Å². The highest BCUT2D eigenvalue weighted by Crippen LogP contribution is 2.37. The molecule has 0 atom stereocenters. The predicted molar refractivity (Wildman–Crippen MR) is 154 cm³/mol. The number of anilines is 2. The van der Waals surface area contributed by atoms with Gasteiger partial charge in [0.2, 0.25) is 5.91 Å². The largest absolute Gasteiger partial charge is 0.493 e. The molecule has 12 heteroatoms. The van der Waals surface area contributed by atoms with E-state index in [-0.39, 0.29) is 23.1 Å². The van der Waals surface area contributed by atoms with Crippen LogP contribution in [0.3, 0.4) is 0 Å². The van der Waals surface area contributed by atoms with Gasteiger partial charge in [-0.15, -0.1) is 0 Å². The van der Waals surface area contributed by atoms with Gasteiger partial charge >= 0.3 is 0 Å². The standard InChI is InChI=1S/C27H21FIN3O6S/c1-37-21-12-16(11-19(29)25(21)38-15-24(34)30-17-7-3-2-4-8-17)13-22-26(35)32(27(36)39-22)14-23(33)31-20-10-6-5-9-18(20)28/h2-13H,14-15H2,1H3,(H,30,34)(H,31,33)/b22-13+. The van der Waals surface area contributed by atoms with Gasteiger partial charge < -0.3 is 20.1 Å². The minimum absolute atomic E-state index is 0.0495. The third-order valence-electron chi connectivity index (χ3n) is 5.28. The van der Waals surface area contributed by atoms with Gasteiger partial charge in [0.05, 0.1) is 21.3 Å². The van der Waals surface area contributed by atoms with Crippen LogP contribution in [0.15, 0.2) is 71.6 Å². The smallest absolute Gasteiger partial charge is 0.294 e. The topological polar surface area (TPSA) is 114 Å². The molecule has 1 saturated heterocycles. The number of methoxy groups -OCH3 is 1. The van der Waals surface area contributed by atoms with Crippen LogP contribution in [-0.2, 0) is 14.4 Å². The SMILES string of the molecule is COc1cc(/C=C2/SC(=O)N(CC(=O)Nc3ccccc3F)C2=O)cc(I)c1OCC(=O)Nc1ccccc1. The molecule has 0 aliphatic carbocycles. The molecule has 39 heavy (non-hydrogen) atoms. The molecule has 200 valence electrons. The molecule has 4 rings (SSSR count). The highest BCUT2D eigenvalue weighted by atomic mass is 127. The Morgan fingerprint density at radius 2 is 1.74 bits per heavy atom. The summed E-state index contributed by atoms with van der Waals surface area (Å²) in [5.41, 5.74) is 1.13. The van der Waals surface area contributed by atoms with E-state index in [0.29, 0.717) is 38.1 Å². The number of nitrogens with one attached hydrogen (secondary N) is 2. The summed E-state index contributed by atoms with van der Waals surface area (Å²) < 4.78 is 25.5. The maximum atomic E-state index is 13.8. The number of thioether (sulfide) groups is 1. The van der Waals surface area contributed by atoms with E-state index < -0.39 is 29.4 Å². The summed E-state index contributed by atoms with van der Waals surface area (Å²) in [6, 6.07) is 17.8. The number of carbonyl (C=O) groups is 4. The lowest BCUT2D eigenvalue weighted by Crippen LogP contribution is -2.36. The summed E-state index contributed by atoms with van der Waals surface area (Å²) >= 11 is 2.70. The summed E-state index contributed by atoms with van der Waals surface area (Å²) in [4.78, 5) is 50.8. The minimum Gasteiger partial charge on any atom is -0.493 e. The number of hydrogen-bond acceptors (Lipinski definition) is 7. The molecular formula is C27H21FIN3O6S. The molecule has 2 N–H and O–H groups in total. The van der Waals surface area contributed by atoms with Crippen LogP contribution >= 0.6 is 34.4 Å². The van der Waals surface area contributed by atoms with Gasteiger partial charge in [-0.25, -0.2) is 4.39 Å². The fourth-order valence-corrected chi connectivity index (χ4v) is 5.12. The maximum Gasteiger partial charge on any atom is 0.294 e. The van der Waals surface area contributed by atoms with Gasteiger partial charge in [0.1, 0.15) is 12.4 Å². The fraction of sp³-hybridized carbons (Fsp3) is 0.111. The van der Waals surface area contributed by atoms with Gasteiger partial charge in [0, 0.05) is 5.69 Å². The van der Waals surface area contributed by atoms with E-state index in [1.54, 1.807) is 42.5 Å². The molecule has 9 nitrogen and oxygen atoms in total. The molecule has 3 aromatic rings. The number of rotatable bonds is 9. The van der Waals surface area contributed by atoms with Crippen LogP contribution in [0.4, 0.5) is 20.6 Å². The first-order chi connectivity index (χ1) is 18.7. The van der Waals surface area contributed by atoms with Crippen LogP contribution < -0.4 is 20.1 Å². The molecule has 0 bridgehead atoms. The number of benzene rings is 3. The molecule has 1 aliphatic rings. The molecular weight excluding hydrogens is 640 g/mol. The summed E-state index contributed by atoms with van der Waals surface area (Å²) in [7, 11) is 1.44. The Morgan fingerprint density at radius 3 is 2.46 bits per heavy atom. The lowest BCUT2D eigenvalue weighted by molar-refractivity contribution is -0.127. The molecule has 0 saturated carbocycles. The van der Waals surface area contributed by atoms with Crippen LogP contribution in [0, 0.1) is 9.39 Å². The number of para-hydroxylation sites is 2. The van der Waals surface area contributed by atoms with Gasteiger partial charge in [-0.05, 0) is 82.4 Å². The molecule has 0 radical (unpaired) electrons. The lowest BCUT2D eigenvalue weighted by Gasteiger charge is -2.14. The van der Waals surface area contributed by atoms with Crippen molar-refractivity contribution in [3.05, 3.63) is 86.6 Å². The van der Waals surface area contributed by atoms with Crippen molar-refractivity contribution < 1.29 is 33.0 Å². The lowest BCUT2D eigenvalue weighted by atomic mass is 10.2. The highest BCUT2D eigenvalue weighted by Gasteiger charge is 2.36. The number of amides is 4. The number of hydrogen-bond donors (Lipinski definition) is 2. The normalized spacial score (nSPS) is 13.9. The van der Waals surface area contributed by atoms with Gasteiger partial charge in [-0.1, -0.05) is 30.3 Å². The summed E-state index contributed by atoms with van der Waals surface area (Å²) in [5, 5.41) is 4.46. The van der Waals surface area contributed by atoms with Gasteiger partial charge in [-0.3, -0.25) is 24.1 Å². The Kier molecular flexibility index (Phi) is 9.19. The third-order valence-corrected chi connectivity index (χ3v) is 6.99. The van der Waals surface area contributed by atoms with Crippen LogP contribution in [0.2, 0.25) is 0 Å². The van der Waals surface area contributed by atoms with Crippen LogP contribution in [0.25, 0.3) is 6.08 Å². The van der Waals surface area contributed by atoms with Crippen molar-refractivity contribution in [2.24, 2.45) is 0 Å². The van der Waals surface area contributed by atoms with Crippen molar-refractivity contribution in [1.29, 1.82) is 0 Å². The molecule has 3 aromatic carbocycles. The predicted octanol–water partition coefficient (Wildman–Crippen LogP) is 5.13. The second-order valence-electron chi connectivity index (χ2n) is 8.03. The van der Waals surface area contributed by atoms with Crippen molar-refractivity contribution in [2.45, 2.75) is 0 Å². The first-order valence-corrected chi connectivity index (χ1v) is 13.3. The van der Waals surface area contributed by atoms with E-state index in [0.717, 1.165) is 4.90 Å². The average molecular weight is 661 g/mol. The molecule has 1 heterocycles. The minimum atomic E-state index is -0.710. The van der Waals surface area contributed by atoms with E-state index in [2.05, 4.69) is 10.6 Å². The number of ether oxygens (including phenoxy) is 2. The zero-order valence-corrected chi connectivity index (χ0v) is 23.4. The van der Waals surface area contributed by atoms with Crippen molar-refractivity contribution in [3.63, 3.8) is 0 Å². The van der Waals surface area contributed by atoms with Crippen LogP contribution in [0.1, 0.15) is 5.56 Å². The number of imide groups is 1. The third kappa shape index (κ3) is 7.15. The van der Waals surface area contributed by atoms with Gasteiger partial charge in [-0.2, -0.15) is 0 Å². The molecule has 0 unspecified atom stereocenters. The summed E-state index contributed by atoms with van der Waals surface area (Å²) in [5.74, 6) is -1.68. The van der Waals surface area contributed by atoms with Gasteiger partial charge in [0.25, 0.3) is 17.1 Å². The Labute approximate surface area is 240 Å². The zero-order chi connectivity index (χ0) is 27.9.